The average Bonchev–Trinajstić information content (AvgIpc) is 2.89. The molecule has 1 aliphatic carbocycles. The first kappa shape index (κ1) is 15.0. The van der Waals surface area contributed by atoms with Crippen LogP contribution in [0.25, 0.3) is 0 Å². The van der Waals surface area contributed by atoms with Gasteiger partial charge in [-0.1, -0.05) is 43.2 Å². The lowest BCUT2D eigenvalue weighted by atomic mass is 10.1. The Hall–Kier alpha value is -1.06. The van der Waals surface area contributed by atoms with Crippen molar-refractivity contribution in [1.29, 1.82) is 0 Å². The SMILES string of the molecule is Cl.NC(C(=O)NCC1CCCC1)c1ccccc1. The van der Waals surface area contributed by atoms with Crippen molar-refractivity contribution in [3.05, 3.63) is 35.9 Å². The zero-order valence-corrected chi connectivity index (χ0v) is 11.3. The molecule has 1 aliphatic rings. The number of halogens is 1. The van der Waals surface area contributed by atoms with Gasteiger partial charge in [-0.25, -0.2) is 0 Å². The highest BCUT2D eigenvalue weighted by Gasteiger charge is 2.19. The van der Waals surface area contributed by atoms with Gasteiger partial charge in [-0.3, -0.25) is 4.79 Å². The van der Waals surface area contributed by atoms with Gasteiger partial charge in [0.2, 0.25) is 5.91 Å². The zero-order chi connectivity index (χ0) is 12.1. The summed E-state index contributed by atoms with van der Waals surface area (Å²) in [6.45, 7) is 0.777. The van der Waals surface area contributed by atoms with Crippen LogP contribution in [0, 0.1) is 5.92 Å². The molecule has 1 aromatic carbocycles. The minimum Gasteiger partial charge on any atom is -0.354 e. The Morgan fingerprint density at radius 1 is 1.28 bits per heavy atom. The van der Waals surface area contributed by atoms with Gasteiger partial charge in [0, 0.05) is 6.54 Å². The van der Waals surface area contributed by atoms with Gasteiger partial charge in [0.15, 0.2) is 0 Å². The van der Waals surface area contributed by atoms with E-state index in [9.17, 15) is 4.79 Å². The van der Waals surface area contributed by atoms with E-state index in [1.165, 1.54) is 25.7 Å². The van der Waals surface area contributed by atoms with Crippen LogP contribution in [0.5, 0.6) is 0 Å². The minimum atomic E-state index is -0.544. The molecule has 0 radical (unpaired) electrons. The number of carbonyl (C=O) groups excluding carboxylic acids is 1. The summed E-state index contributed by atoms with van der Waals surface area (Å²) in [5, 5.41) is 2.96. The van der Waals surface area contributed by atoms with Gasteiger partial charge in [0.1, 0.15) is 6.04 Å². The fourth-order valence-electron chi connectivity index (χ4n) is 2.38. The van der Waals surface area contributed by atoms with Gasteiger partial charge in [0.25, 0.3) is 0 Å². The molecule has 1 aromatic rings. The maximum absolute atomic E-state index is 11.9. The molecule has 3 N–H and O–H groups in total. The van der Waals surface area contributed by atoms with Crippen LogP contribution >= 0.6 is 12.4 Å². The second-order valence-corrected chi connectivity index (χ2v) is 4.78. The topological polar surface area (TPSA) is 55.1 Å². The van der Waals surface area contributed by atoms with Crippen LogP contribution in [0.4, 0.5) is 0 Å². The van der Waals surface area contributed by atoms with Crippen LogP contribution in [0.1, 0.15) is 37.3 Å². The summed E-state index contributed by atoms with van der Waals surface area (Å²) in [6.07, 6.45) is 5.07. The van der Waals surface area contributed by atoms with Crippen molar-refractivity contribution in [3.63, 3.8) is 0 Å². The Balaban J connectivity index is 0.00000162. The lowest BCUT2D eigenvalue weighted by Crippen LogP contribution is -2.36. The van der Waals surface area contributed by atoms with E-state index in [4.69, 9.17) is 5.73 Å². The summed E-state index contributed by atoms with van der Waals surface area (Å²) >= 11 is 0. The van der Waals surface area contributed by atoms with E-state index in [-0.39, 0.29) is 18.3 Å². The standard InChI is InChI=1S/C14H20N2O.ClH/c15-13(12-8-2-1-3-9-12)14(17)16-10-11-6-4-5-7-11;/h1-3,8-9,11,13H,4-7,10,15H2,(H,16,17);1H. The third-order valence-corrected chi connectivity index (χ3v) is 3.48. The lowest BCUT2D eigenvalue weighted by Gasteiger charge is -2.15. The molecule has 3 nitrogen and oxygen atoms in total. The summed E-state index contributed by atoms with van der Waals surface area (Å²) < 4.78 is 0. The van der Waals surface area contributed by atoms with Gasteiger partial charge in [-0.15, -0.1) is 12.4 Å². The van der Waals surface area contributed by atoms with Crippen molar-refractivity contribution >= 4 is 18.3 Å². The number of rotatable bonds is 4. The maximum atomic E-state index is 11.9. The second-order valence-electron chi connectivity index (χ2n) is 4.78. The summed E-state index contributed by atoms with van der Waals surface area (Å²) in [5.74, 6) is 0.588. The first-order valence-corrected chi connectivity index (χ1v) is 6.35. The second kappa shape index (κ2) is 7.39. The summed E-state index contributed by atoms with van der Waals surface area (Å²) in [7, 11) is 0. The number of nitrogens with one attached hydrogen (secondary N) is 1. The van der Waals surface area contributed by atoms with Crippen LogP contribution in [0.15, 0.2) is 30.3 Å². The molecule has 0 aromatic heterocycles. The van der Waals surface area contributed by atoms with Crippen LogP contribution in [0.3, 0.4) is 0 Å². The van der Waals surface area contributed by atoms with Crippen LogP contribution in [-0.2, 0) is 4.79 Å². The maximum Gasteiger partial charge on any atom is 0.241 e. The molecule has 100 valence electrons. The largest absolute Gasteiger partial charge is 0.354 e. The van der Waals surface area contributed by atoms with E-state index in [1.807, 2.05) is 30.3 Å². The number of hydrogen-bond acceptors (Lipinski definition) is 2. The predicted molar refractivity (Wildman–Crippen MR) is 75.6 cm³/mol. The Kier molecular flexibility index (Phi) is 6.16. The molecule has 1 unspecified atom stereocenters. The molecule has 1 saturated carbocycles. The van der Waals surface area contributed by atoms with Gasteiger partial charge in [0.05, 0.1) is 0 Å². The van der Waals surface area contributed by atoms with E-state index in [1.54, 1.807) is 0 Å². The smallest absolute Gasteiger partial charge is 0.241 e. The molecule has 0 bridgehead atoms. The van der Waals surface area contributed by atoms with E-state index < -0.39 is 6.04 Å². The molecular weight excluding hydrogens is 248 g/mol. The quantitative estimate of drug-likeness (QED) is 0.881. The third kappa shape index (κ3) is 4.00. The molecule has 2 rings (SSSR count). The Labute approximate surface area is 115 Å². The fourth-order valence-corrected chi connectivity index (χ4v) is 2.38. The predicted octanol–water partition coefficient (Wildman–Crippen LogP) is 2.41. The molecule has 0 aliphatic heterocycles. The fraction of sp³-hybridized carbons (Fsp3) is 0.500. The Morgan fingerprint density at radius 3 is 2.50 bits per heavy atom. The summed E-state index contributed by atoms with van der Waals surface area (Å²) in [5.41, 5.74) is 6.78. The molecule has 1 fully saturated rings. The number of hydrogen-bond donors (Lipinski definition) is 2. The number of carbonyl (C=O) groups is 1. The Morgan fingerprint density at radius 2 is 1.89 bits per heavy atom. The number of amides is 1. The van der Waals surface area contributed by atoms with E-state index in [2.05, 4.69) is 5.32 Å². The zero-order valence-electron chi connectivity index (χ0n) is 10.5. The van der Waals surface area contributed by atoms with Crippen LogP contribution in [-0.4, -0.2) is 12.5 Å². The van der Waals surface area contributed by atoms with Crippen molar-refractivity contribution in [2.45, 2.75) is 31.7 Å². The first-order valence-electron chi connectivity index (χ1n) is 6.35. The highest BCUT2D eigenvalue weighted by Crippen LogP contribution is 2.23. The molecule has 1 amide bonds. The van der Waals surface area contributed by atoms with Crippen molar-refractivity contribution in [2.75, 3.05) is 6.54 Å². The Bertz CT molecular complexity index is 363. The number of nitrogens with two attached hydrogens (primary N) is 1. The van der Waals surface area contributed by atoms with Crippen molar-refractivity contribution in [1.82, 2.24) is 5.32 Å². The van der Waals surface area contributed by atoms with Gasteiger partial charge in [-0.05, 0) is 24.3 Å². The lowest BCUT2D eigenvalue weighted by molar-refractivity contribution is -0.122. The monoisotopic (exact) mass is 268 g/mol. The van der Waals surface area contributed by atoms with Crippen molar-refractivity contribution < 1.29 is 4.79 Å². The van der Waals surface area contributed by atoms with E-state index in [0.29, 0.717) is 5.92 Å². The molecule has 4 heteroatoms. The molecular formula is C14H21ClN2O. The van der Waals surface area contributed by atoms with Crippen LogP contribution < -0.4 is 11.1 Å². The highest BCUT2D eigenvalue weighted by molar-refractivity contribution is 5.85. The van der Waals surface area contributed by atoms with Gasteiger partial charge in [-0.2, -0.15) is 0 Å². The molecule has 18 heavy (non-hydrogen) atoms. The highest BCUT2D eigenvalue weighted by atomic mass is 35.5. The molecule has 1 atom stereocenters. The van der Waals surface area contributed by atoms with E-state index >= 15 is 0 Å². The average molecular weight is 269 g/mol. The summed E-state index contributed by atoms with van der Waals surface area (Å²) in [4.78, 5) is 11.9. The van der Waals surface area contributed by atoms with E-state index in [0.717, 1.165) is 12.1 Å². The summed E-state index contributed by atoms with van der Waals surface area (Å²) in [6, 6.07) is 8.96. The van der Waals surface area contributed by atoms with Crippen molar-refractivity contribution in [3.8, 4) is 0 Å². The molecule has 0 saturated heterocycles. The first-order chi connectivity index (χ1) is 8.27. The molecule has 0 heterocycles. The number of benzene rings is 1. The van der Waals surface area contributed by atoms with Crippen molar-refractivity contribution in [2.24, 2.45) is 11.7 Å². The minimum absolute atomic E-state index is 0. The van der Waals surface area contributed by atoms with Gasteiger partial charge >= 0.3 is 0 Å². The molecule has 0 spiro atoms. The van der Waals surface area contributed by atoms with Gasteiger partial charge < -0.3 is 11.1 Å². The van der Waals surface area contributed by atoms with Crippen LogP contribution in [0.2, 0.25) is 0 Å². The third-order valence-electron chi connectivity index (χ3n) is 3.48. The normalized spacial score (nSPS) is 16.9.